The molecule has 0 bridgehead atoms. The molecule has 1 unspecified atom stereocenters. The summed E-state index contributed by atoms with van der Waals surface area (Å²) in [6, 6.07) is 3.78. The number of fused-ring (bicyclic) bond motifs is 1. The SMILES string of the molecule is NCC1CCn2c(nnc2-c2ccc(F)c(F)c2)C1. The van der Waals surface area contributed by atoms with E-state index >= 15 is 0 Å². The van der Waals surface area contributed by atoms with Crippen LogP contribution in [0.5, 0.6) is 0 Å². The number of nitrogens with zero attached hydrogens (tertiary/aromatic N) is 3. The summed E-state index contributed by atoms with van der Waals surface area (Å²) in [6.07, 6.45) is 1.74. The van der Waals surface area contributed by atoms with E-state index in [1.54, 1.807) is 0 Å². The van der Waals surface area contributed by atoms with E-state index in [-0.39, 0.29) is 0 Å². The number of hydrogen-bond acceptors (Lipinski definition) is 3. The van der Waals surface area contributed by atoms with Crippen LogP contribution in [0.4, 0.5) is 8.78 Å². The molecule has 1 aromatic carbocycles. The molecule has 0 saturated carbocycles. The standard InChI is InChI=1S/C13H14F2N4/c14-10-2-1-9(6-11(10)15)13-18-17-12-5-8(7-16)3-4-19(12)13/h1-2,6,8H,3-5,7,16H2. The van der Waals surface area contributed by atoms with E-state index in [0.717, 1.165) is 37.3 Å². The Balaban J connectivity index is 1.99. The summed E-state index contributed by atoms with van der Waals surface area (Å²) in [5.74, 6) is 0.149. The topological polar surface area (TPSA) is 56.7 Å². The lowest BCUT2D eigenvalue weighted by Crippen LogP contribution is -2.25. The molecular formula is C13H14F2N4. The third-order valence-electron chi connectivity index (χ3n) is 3.57. The van der Waals surface area contributed by atoms with Crippen molar-refractivity contribution in [1.82, 2.24) is 14.8 Å². The molecule has 100 valence electrons. The number of hydrogen-bond donors (Lipinski definition) is 1. The highest BCUT2D eigenvalue weighted by molar-refractivity contribution is 5.55. The van der Waals surface area contributed by atoms with E-state index in [1.807, 2.05) is 4.57 Å². The fourth-order valence-corrected chi connectivity index (χ4v) is 2.44. The smallest absolute Gasteiger partial charge is 0.164 e. The van der Waals surface area contributed by atoms with Gasteiger partial charge in [-0.2, -0.15) is 0 Å². The second-order valence-electron chi connectivity index (χ2n) is 4.81. The zero-order valence-electron chi connectivity index (χ0n) is 10.3. The molecule has 1 atom stereocenters. The molecule has 3 rings (SSSR count). The van der Waals surface area contributed by atoms with Crippen LogP contribution < -0.4 is 5.73 Å². The Morgan fingerprint density at radius 3 is 2.84 bits per heavy atom. The number of nitrogens with two attached hydrogens (primary N) is 1. The van der Waals surface area contributed by atoms with Crippen LogP contribution in [0.1, 0.15) is 12.2 Å². The minimum Gasteiger partial charge on any atom is -0.330 e. The van der Waals surface area contributed by atoms with Gasteiger partial charge in [-0.3, -0.25) is 0 Å². The predicted octanol–water partition coefficient (Wildman–Crippen LogP) is 1.74. The Kier molecular flexibility index (Phi) is 3.02. The second-order valence-corrected chi connectivity index (χ2v) is 4.81. The van der Waals surface area contributed by atoms with E-state index in [1.165, 1.54) is 6.07 Å². The van der Waals surface area contributed by atoms with Crippen molar-refractivity contribution in [1.29, 1.82) is 0 Å². The molecule has 4 nitrogen and oxygen atoms in total. The summed E-state index contributed by atoms with van der Waals surface area (Å²) in [5, 5.41) is 8.22. The van der Waals surface area contributed by atoms with E-state index in [9.17, 15) is 8.78 Å². The first-order chi connectivity index (χ1) is 9.19. The normalized spacial score (nSPS) is 18.4. The average Bonchev–Trinajstić information content (AvgIpc) is 2.84. The monoisotopic (exact) mass is 264 g/mol. The predicted molar refractivity (Wildman–Crippen MR) is 66.2 cm³/mol. The molecule has 0 amide bonds. The van der Waals surface area contributed by atoms with E-state index < -0.39 is 11.6 Å². The summed E-state index contributed by atoms with van der Waals surface area (Å²) in [4.78, 5) is 0. The van der Waals surface area contributed by atoms with Crippen molar-refractivity contribution in [2.75, 3.05) is 6.54 Å². The van der Waals surface area contributed by atoms with Crippen LogP contribution >= 0.6 is 0 Å². The van der Waals surface area contributed by atoms with E-state index in [0.29, 0.717) is 23.9 Å². The second kappa shape index (κ2) is 4.70. The largest absolute Gasteiger partial charge is 0.330 e. The van der Waals surface area contributed by atoms with Crippen molar-refractivity contribution in [3.8, 4) is 11.4 Å². The molecule has 19 heavy (non-hydrogen) atoms. The van der Waals surface area contributed by atoms with Gasteiger partial charge in [0.2, 0.25) is 0 Å². The maximum absolute atomic E-state index is 13.3. The zero-order chi connectivity index (χ0) is 13.4. The summed E-state index contributed by atoms with van der Waals surface area (Å²) < 4.78 is 28.2. The molecular weight excluding hydrogens is 250 g/mol. The van der Waals surface area contributed by atoms with Gasteiger partial charge in [0.25, 0.3) is 0 Å². The third-order valence-corrected chi connectivity index (χ3v) is 3.57. The first-order valence-electron chi connectivity index (χ1n) is 6.26. The van der Waals surface area contributed by atoms with Gasteiger partial charge >= 0.3 is 0 Å². The van der Waals surface area contributed by atoms with E-state index in [4.69, 9.17) is 5.73 Å². The van der Waals surface area contributed by atoms with Crippen molar-refractivity contribution in [3.63, 3.8) is 0 Å². The number of benzene rings is 1. The summed E-state index contributed by atoms with van der Waals surface area (Å²) in [6.45, 7) is 1.39. The van der Waals surface area contributed by atoms with Crippen LogP contribution in [-0.2, 0) is 13.0 Å². The van der Waals surface area contributed by atoms with Gasteiger partial charge in [0, 0.05) is 18.5 Å². The highest BCUT2D eigenvalue weighted by Gasteiger charge is 2.23. The Morgan fingerprint density at radius 1 is 1.26 bits per heavy atom. The Bertz CT molecular complexity index is 609. The van der Waals surface area contributed by atoms with Crippen LogP contribution in [0.3, 0.4) is 0 Å². The maximum atomic E-state index is 13.3. The van der Waals surface area contributed by atoms with Gasteiger partial charge in [0.1, 0.15) is 5.82 Å². The van der Waals surface area contributed by atoms with Gasteiger partial charge in [-0.25, -0.2) is 8.78 Å². The summed E-state index contributed by atoms with van der Waals surface area (Å²) in [7, 11) is 0. The molecule has 2 N–H and O–H groups in total. The third kappa shape index (κ3) is 2.12. The van der Waals surface area contributed by atoms with Gasteiger partial charge in [-0.1, -0.05) is 0 Å². The first-order valence-corrected chi connectivity index (χ1v) is 6.26. The molecule has 0 aliphatic carbocycles. The van der Waals surface area contributed by atoms with Gasteiger partial charge in [0.15, 0.2) is 17.5 Å². The molecule has 1 aliphatic rings. The van der Waals surface area contributed by atoms with Gasteiger partial charge < -0.3 is 10.3 Å². The molecule has 2 heterocycles. The van der Waals surface area contributed by atoms with E-state index in [2.05, 4.69) is 10.2 Å². The maximum Gasteiger partial charge on any atom is 0.164 e. The molecule has 0 spiro atoms. The number of rotatable bonds is 2. The van der Waals surface area contributed by atoms with Crippen molar-refractivity contribution < 1.29 is 8.78 Å². The van der Waals surface area contributed by atoms with Gasteiger partial charge in [0.05, 0.1) is 0 Å². The van der Waals surface area contributed by atoms with Crippen LogP contribution in [-0.4, -0.2) is 21.3 Å². The molecule has 1 aromatic heterocycles. The summed E-state index contributed by atoms with van der Waals surface area (Å²) in [5.41, 5.74) is 6.21. The van der Waals surface area contributed by atoms with Crippen LogP contribution in [0.15, 0.2) is 18.2 Å². The molecule has 1 aliphatic heterocycles. The Labute approximate surface area is 109 Å². The Morgan fingerprint density at radius 2 is 2.11 bits per heavy atom. The van der Waals surface area contributed by atoms with Crippen molar-refractivity contribution in [2.24, 2.45) is 11.7 Å². The summed E-state index contributed by atoms with van der Waals surface area (Å²) >= 11 is 0. The Hall–Kier alpha value is -1.82. The quantitative estimate of drug-likeness (QED) is 0.899. The first kappa shape index (κ1) is 12.2. The minimum absolute atomic E-state index is 0.425. The number of aromatic nitrogens is 3. The minimum atomic E-state index is -0.870. The molecule has 0 saturated heterocycles. The molecule has 2 aromatic rings. The highest BCUT2D eigenvalue weighted by Crippen LogP contribution is 2.26. The highest BCUT2D eigenvalue weighted by atomic mass is 19.2. The lowest BCUT2D eigenvalue weighted by atomic mass is 9.98. The van der Waals surface area contributed by atoms with Crippen LogP contribution in [0.25, 0.3) is 11.4 Å². The lowest BCUT2D eigenvalue weighted by Gasteiger charge is -2.22. The van der Waals surface area contributed by atoms with Crippen LogP contribution in [0, 0.1) is 17.6 Å². The van der Waals surface area contributed by atoms with Crippen molar-refractivity contribution >= 4 is 0 Å². The van der Waals surface area contributed by atoms with Crippen molar-refractivity contribution in [2.45, 2.75) is 19.4 Å². The lowest BCUT2D eigenvalue weighted by molar-refractivity contribution is 0.391. The average molecular weight is 264 g/mol. The molecule has 6 heteroatoms. The number of halogens is 2. The molecule has 0 radical (unpaired) electrons. The van der Waals surface area contributed by atoms with Crippen molar-refractivity contribution in [3.05, 3.63) is 35.7 Å². The van der Waals surface area contributed by atoms with Crippen LogP contribution in [0.2, 0.25) is 0 Å². The zero-order valence-corrected chi connectivity index (χ0v) is 10.3. The fraction of sp³-hybridized carbons (Fsp3) is 0.385. The fourth-order valence-electron chi connectivity index (χ4n) is 2.44. The van der Waals surface area contributed by atoms with Gasteiger partial charge in [-0.15, -0.1) is 10.2 Å². The van der Waals surface area contributed by atoms with Gasteiger partial charge in [-0.05, 0) is 37.1 Å². The molecule has 0 fully saturated rings.